The second-order valence-electron chi connectivity index (χ2n) is 6.41. The molecule has 1 aliphatic rings. The number of hydrogen-bond donors (Lipinski definition) is 1. The Balaban J connectivity index is 1.51. The van der Waals surface area contributed by atoms with Crippen LogP contribution < -0.4 is 10.1 Å². The van der Waals surface area contributed by atoms with Crippen LogP contribution >= 0.6 is 0 Å². The lowest BCUT2D eigenvalue weighted by molar-refractivity contribution is 0.0876. The Morgan fingerprint density at radius 2 is 1.62 bits per heavy atom. The van der Waals surface area contributed by atoms with Crippen molar-refractivity contribution in [3.05, 3.63) is 60.2 Å². The quantitative estimate of drug-likeness (QED) is 0.838. The number of hydrogen-bond acceptors (Lipinski definition) is 5. The molecule has 2 aromatic rings. The predicted molar refractivity (Wildman–Crippen MR) is 101 cm³/mol. The van der Waals surface area contributed by atoms with Gasteiger partial charge in [-0.15, -0.1) is 0 Å². The number of para-hydroxylation sites is 1. The van der Waals surface area contributed by atoms with Gasteiger partial charge in [-0.2, -0.15) is 0 Å². The number of ketones is 1. The summed E-state index contributed by atoms with van der Waals surface area (Å²) in [6.45, 7) is 4.22. The van der Waals surface area contributed by atoms with Crippen LogP contribution in [0.25, 0.3) is 0 Å². The lowest BCUT2D eigenvalue weighted by Gasteiger charge is -2.31. The molecule has 0 radical (unpaired) electrons. The number of amides is 1. The molecule has 3 rings (SSSR count). The summed E-state index contributed by atoms with van der Waals surface area (Å²) in [5, 5.41) is 2.65. The molecule has 0 aliphatic carbocycles. The SMILES string of the molecule is CN1CCN(CC(=O)c2ccc(NC(=O)Oc3ccccc3)cc2)CC1. The normalized spacial score (nSPS) is 15.4. The van der Waals surface area contributed by atoms with Gasteiger partial charge in [0.05, 0.1) is 6.54 Å². The van der Waals surface area contributed by atoms with Gasteiger partial charge >= 0.3 is 6.09 Å². The minimum atomic E-state index is -0.562. The Bertz CT molecular complexity index is 739. The molecule has 1 amide bonds. The van der Waals surface area contributed by atoms with Crippen LogP contribution in [0.5, 0.6) is 5.75 Å². The summed E-state index contributed by atoms with van der Waals surface area (Å²) in [6, 6.07) is 15.7. The van der Waals surface area contributed by atoms with Crippen molar-refractivity contribution in [2.24, 2.45) is 0 Å². The highest BCUT2D eigenvalue weighted by atomic mass is 16.6. The van der Waals surface area contributed by atoms with E-state index in [1.165, 1.54) is 0 Å². The van der Waals surface area contributed by atoms with Gasteiger partial charge in [-0.3, -0.25) is 15.0 Å². The average Bonchev–Trinajstić information content (AvgIpc) is 2.65. The largest absolute Gasteiger partial charge is 0.417 e. The van der Waals surface area contributed by atoms with Crippen molar-refractivity contribution in [1.29, 1.82) is 0 Å². The van der Waals surface area contributed by atoms with Crippen LogP contribution in [0.4, 0.5) is 10.5 Å². The minimum absolute atomic E-state index is 0.0907. The fourth-order valence-electron chi connectivity index (χ4n) is 2.78. The van der Waals surface area contributed by atoms with Gasteiger partial charge in [0.25, 0.3) is 0 Å². The standard InChI is InChI=1S/C20H23N3O3/c1-22-11-13-23(14-12-22)15-19(24)16-7-9-17(10-8-16)21-20(25)26-18-5-3-2-4-6-18/h2-10H,11-15H2,1H3,(H,21,25). The lowest BCUT2D eigenvalue weighted by Crippen LogP contribution is -2.46. The third-order valence-corrected chi connectivity index (χ3v) is 4.37. The number of Topliss-reactive ketones (excluding diaryl/α,β-unsaturated/α-hetero) is 1. The second kappa shape index (κ2) is 8.60. The van der Waals surface area contributed by atoms with Crippen LogP contribution in [-0.4, -0.2) is 61.4 Å². The Morgan fingerprint density at radius 1 is 0.962 bits per heavy atom. The number of carbonyl (C=O) groups is 2. The molecule has 0 aromatic heterocycles. The van der Waals surface area contributed by atoms with Gasteiger partial charge in [0, 0.05) is 37.4 Å². The predicted octanol–water partition coefficient (Wildman–Crippen LogP) is 2.73. The third-order valence-electron chi connectivity index (χ3n) is 4.37. The van der Waals surface area contributed by atoms with E-state index in [2.05, 4.69) is 22.2 Å². The zero-order chi connectivity index (χ0) is 18.4. The van der Waals surface area contributed by atoms with Gasteiger partial charge in [-0.25, -0.2) is 4.79 Å². The maximum Gasteiger partial charge on any atom is 0.417 e. The van der Waals surface area contributed by atoms with E-state index in [9.17, 15) is 9.59 Å². The highest BCUT2D eigenvalue weighted by Gasteiger charge is 2.17. The fourth-order valence-corrected chi connectivity index (χ4v) is 2.78. The van der Waals surface area contributed by atoms with Gasteiger partial charge in [0.1, 0.15) is 5.75 Å². The van der Waals surface area contributed by atoms with Gasteiger partial charge < -0.3 is 9.64 Å². The maximum atomic E-state index is 12.4. The first kappa shape index (κ1) is 18.1. The molecule has 0 unspecified atom stereocenters. The van der Waals surface area contributed by atoms with E-state index in [1.807, 2.05) is 6.07 Å². The Hall–Kier alpha value is -2.70. The van der Waals surface area contributed by atoms with Crippen molar-refractivity contribution in [2.45, 2.75) is 0 Å². The second-order valence-corrected chi connectivity index (χ2v) is 6.41. The first-order valence-corrected chi connectivity index (χ1v) is 8.68. The maximum absolute atomic E-state index is 12.4. The third kappa shape index (κ3) is 5.15. The number of ether oxygens (including phenoxy) is 1. The molecule has 2 aromatic carbocycles. The fraction of sp³-hybridized carbons (Fsp3) is 0.300. The van der Waals surface area contributed by atoms with Gasteiger partial charge in [0.15, 0.2) is 5.78 Å². The van der Waals surface area contributed by atoms with E-state index in [-0.39, 0.29) is 5.78 Å². The van der Waals surface area contributed by atoms with E-state index >= 15 is 0 Å². The molecular weight excluding hydrogens is 330 g/mol. The Kier molecular flexibility index (Phi) is 5.99. The number of likely N-dealkylation sites (N-methyl/N-ethyl adjacent to an activating group) is 1. The van der Waals surface area contributed by atoms with E-state index in [0.717, 1.165) is 26.2 Å². The van der Waals surface area contributed by atoms with Crippen LogP contribution in [0.2, 0.25) is 0 Å². The molecule has 26 heavy (non-hydrogen) atoms. The number of piperazine rings is 1. The van der Waals surface area contributed by atoms with E-state index < -0.39 is 6.09 Å². The van der Waals surface area contributed by atoms with Crippen LogP contribution in [0, 0.1) is 0 Å². The highest BCUT2D eigenvalue weighted by Crippen LogP contribution is 2.13. The minimum Gasteiger partial charge on any atom is -0.410 e. The van der Waals surface area contributed by atoms with Crippen molar-refractivity contribution in [1.82, 2.24) is 9.80 Å². The van der Waals surface area contributed by atoms with Crippen molar-refractivity contribution in [3.8, 4) is 5.75 Å². The van der Waals surface area contributed by atoms with Crippen LogP contribution in [0.15, 0.2) is 54.6 Å². The van der Waals surface area contributed by atoms with Gasteiger partial charge in [0.2, 0.25) is 0 Å². The lowest BCUT2D eigenvalue weighted by atomic mass is 10.1. The zero-order valence-electron chi connectivity index (χ0n) is 14.9. The summed E-state index contributed by atoms with van der Waals surface area (Å²) in [6.07, 6.45) is -0.562. The number of benzene rings is 2. The molecule has 136 valence electrons. The summed E-state index contributed by atoms with van der Waals surface area (Å²) in [5.41, 5.74) is 1.23. The number of anilines is 1. The summed E-state index contributed by atoms with van der Waals surface area (Å²) in [4.78, 5) is 28.7. The van der Waals surface area contributed by atoms with Crippen LogP contribution in [-0.2, 0) is 0 Å². The van der Waals surface area contributed by atoms with E-state index in [1.54, 1.807) is 48.5 Å². The van der Waals surface area contributed by atoms with Gasteiger partial charge in [-0.1, -0.05) is 18.2 Å². The number of rotatable bonds is 5. The molecule has 1 fully saturated rings. The molecule has 1 N–H and O–H groups in total. The molecule has 0 atom stereocenters. The summed E-state index contributed by atoms with van der Waals surface area (Å²) >= 11 is 0. The van der Waals surface area contributed by atoms with Crippen molar-refractivity contribution in [2.75, 3.05) is 45.1 Å². The molecule has 6 heteroatoms. The van der Waals surface area contributed by atoms with E-state index in [4.69, 9.17) is 4.74 Å². The molecular formula is C20H23N3O3. The van der Waals surface area contributed by atoms with Crippen molar-refractivity contribution >= 4 is 17.6 Å². The number of nitrogens with zero attached hydrogens (tertiary/aromatic N) is 2. The van der Waals surface area contributed by atoms with Crippen LogP contribution in [0.3, 0.4) is 0 Å². The summed E-state index contributed by atoms with van der Waals surface area (Å²) in [5.74, 6) is 0.567. The zero-order valence-corrected chi connectivity index (χ0v) is 14.9. The van der Waals surface area contributed by atoms with E-state index in [0.29, 0.717) is 23.5 Å². The molecule has 0 bridgehead atoms. The number of nitrogens with one attached hydrogen (secondary N) is 1. The summed E-state index contributed by atoms with van der Waals surface area (Å²) in [7, 11) is 2.09. The molecule has 1 aliphatic heterocycles. The molecule has 6 nitrogen and oxygen atoms in total. The molecule has 1 heterocycles. The first-order valence-electron chi connectivity index (χ1n) is 8.68. The van der Waals surface area contributed by atoms with Crippen molar-refractivity contribution in [3.63, 3.8) is 0 Å². The Labute approximate surface area is 153 Å². The van der Waals surface area contributed by atoms with Gasteiger partial charge in [-0.05, 0) is 43.4 Å². The van der Waals surface area contributed by atoms with Crippen LogP contribution in [0.1, 0.15) is 10.4 Å². The molecule has 1 saturated heterocycles. The molecule has 0 spiro atoms. The smallest absolute Gasteiger partial charge is 0.410 e. The average molecular weight is 353 g/mol. The monoisotopic (exact) mass is 353 g/mol. The summed E-state index contributed by atoms with van der Waals surface area (Å²) < 4.78 is 5.18. The highest BCUT2D eigenvalue weighted by molar-refractivity contribution is 5.98. The van der Waals surface area contributed by atoms with Crippen molar-refractivity contribution < 1.29 is 14.3 Å². The molecule has 0 saturated carbocycles. The Morgan fingerprint density at radius 3 is 2.27 bits per heavy atom. The topological polar surface area (TPSA) is 61.9 Å². The number of carbonyl (C=O) groups excluding carboxylic acids is 2. The first-order chi connectivity index (χ1) is 12.6.